The number of carbonyl (C=O) groups excluding carboxylic acids is 3. The summed E-state index contributed by atoms with van der Waals surface area (Å²) in [6.07, 6.45) is 5.61. The second-order valence-corrected chi connectivity index (χ2v) is 8.46. The molecule has 1 aromatic carbocycles. The van der Waals surface area contributed by atoms with Crippen LogP contribution in [0, 0.1) is 0 Å². The molecule has 0 spiro atoms. The fourth-order valence-electron chi connectivity index (χ4n) is 5.28. The Morgan fingerprint density at radius 2 is 1.93 bits per heavy atom. The lowest BCUT2D eigenvalue weighted by atomic mass is 9.98. The molecule has 0 aliphatic carbocycles. The predicted molar refractivity (Wildman–Crippen MR) is 102 cm³/mol. The molecule has 4 aliphatic rings. The summed E-state index contributed by atoms with van der Waals surface area (Å²) in [5, 5.41) is 9.76. The summed E-state index contributed by atoms with van der Waals surface area (Å²) in [6.45, 7) is 1.17. The first kappa shape index (κ1) is 17.8. The zero-order chi connectivity index (χ0) is 19.3. The Kier molecular flexibility index (Phi) is 4.44. The molecule has 3 amide bonds. The van der Waals surface area contributed by atoms with Crippen molar-refractivity contribution in [2.45, 2.75) is 75.8 Å². The maximum Gasteiger partial charge on any atom is 0.255 e. The van der Waals surface area contributed by atoms with Gasteiger partial charge in [-0.3, -0.25) is 19.7 Å². The molecule has 2 bridgehead atoms. The van der Waals surface area contributed by atoms with Crippen molar-refractivity contribution < 1.29 is 14.4 Å². The minimum absolute atomic E-state index is 0.107. The van der Waals surface area contributed by atoms with Crippen LogP contribution in [0.3, 0.4) is 0 Å². The molecule has 4 aliphatic heterocycles. The van der Waals surface area contributed by atoms with Crippen LogP contribution in [0.5, 0.6) is 0 Å². The number of carbonyl (C=O) groups is 3. The molecule has 5 rings (SSSR count). The number of rotatable bonds is 4. The van der Waals surface area contributed by atoms with Gasteiger partial charge in [0.25, 0.3) is 5.91 Å². The van der Waals surface area contributed by atoms with Crippen LogP contribution in [0.4, 0.5) is 0 Å². The van der Waals surface area contributed by atoms with Crippen molar-refractivity contribution in [3.05, 3.63) is 34.9 Å². The van der Waals surface area contributed by atoms with Gasteiger partial charge in [0, 0.05) is 43.2 Å². The van der Waals surface area contributed by atoms with Crippen LogP contribution in [-0.4, -0.2) is 46.8 Å². The second kappa shape index (κ2) is 6.97. The first-order valence-corrected chi connectivity index (χ1v) is 10.3. The van der Waals surface area contributed by atoms with E-state index in [2.05, 4.69) is 22.0 Å². The molecule has 1 aromatic rings. The molecule has 0 radical (unpaired) electrons. The third kappa shape index (κ3) is 3.02. The molecule has 3 fully saturated rings. The van der Waals surface area contributed by atoms with Crippen LogP contribution in [-0.2, 0) is 22.7 Å². The number of imide groups is 1. The van der Waals surface area contributed by atoms with Crippen molar-refractivity contribution in [2.75, 3.05) is 0 Å². The van der Waals surface area contributed by atoms with E-state index < -0.39 is 6.04 Å². The monoisotopic (exact) mass is 382 g/mol. The Morgan fingerprint density at radius 1 is 1.07 bits per heavy atom. The molecule has 0 aromatic heterocycles. The lowest BCUT2D eigenvalue weighted by Gasteiger charge is -2.31. The molecule has 0 saturated carbocycles. The molecule has 4 unspecified atom stereocenters. The summed E-state index contributed by atoms with van der Waals surface area (Å²) < 4.78 is 0. The first-order chi connectivity index (χ1) is 13.6. The molecular weight excluding hydrogens is 356 g/mol. The van der Waals surface area contributed by atoms with Gasteiger partial charge in [-0.1, -0.05) is 12.1 Å². The van der Waals surface area contributed by atoms with Gasteiger partial charge in [0.05, 0.1) is 0 Å². The van der Waals surface area contributed by atoms with E-state index in [-0.39, 0.29) is 24.1 Å². The Balaban J connectivity index is 1.31. The number of nitrogens with zero attached hydrogens (tertiary/aromatic N) is 1. The number of piperidine rings is 2. The Morgan fingerprint density at radius 3 is 2.79 bits per heavy atom. The largest absolute Gasteiger partial charge is 0.322 e. The highest BCUT2D eigenvalue weighted by atomic mass is 16.2. The van der Waals surface area contributed by atoms with Gasteiger partial charge in [-0.05, 0) is 49.3 Å². The van der Waals surface area contributed by atoms with Crippen LogP contribution in [0.25, 0.3) is 0 Å². The lowest BCUT2D eigenvalue weighted by molar-refractivity contribution is -0.136. The van der Waals surface area contributed by atoms with Gasteiger partial charge in [0.15, 0.2) is 0 Å². The third-order valence-corrected chi connectivity index (χ3v) is 6.82. The quantitative estimate of drug-likeness (QED) is 0.671. The summed E-state index contributed by atoms with van der Waals surface area (Å²) in [5.74, 6) is -0.726. The van der Waals surface area contributed by atoms with Gasteiger partial charge in [-0.25, -0.2) is 0 Å². The molecule has 148 valence electrons. The SMILES string of the molecule is O=C1CCC(N2Cc3c(CNC4CCC5CCC4N5)cccc3C2=O)C(=O)N1. The Hall–Kier alpha value is -2.25. The normalized spacial score (nSPS) is 31.9. The van der Waals surface area contributed by atoms with Gasteiger partial charge in [0.2, 0.25) is 11.8 Å². The summed E-state index contributed by atoms with van der Waals surface area (Å²) in [4.78, 5) is 38.2. The molecule has 4 heterocycles. The van der Waals surface area contributed by atoms with E-state index >= 15 is 0 Å². The topological polar surface area (TPSA) is 90.5 Å². The summed E-state index contributed by atoms with van der Waals surface area (Å²) in [7, 11) is 0. The van der Waals surface area contributed by atoms with E-state index in [0.717, 1.165) is 17.7 Å². The van der Waals surface area contributed by atoms with Crippen molar-refractivity contribution in [1.29, 1.82) is 0 Å². The van der Waals surface area contributed by atoms with Gasteiger partial charge < -0.3 is 15.5 Å². The van der Waals surface area contributed by atoms with Crippen molar-refractivity contribution in [2.24, 2.45) is 0 Å². The number of amides is 3. The Labute approximate surface area is 164 Å². The molecule has 3 N–H and O–H groups in total. The van der Waals surface area contributed by atoms with Crippen LogP contribution in [0.2, 0.25) is 0 Å². The molecule has 7 nitrogen and oxygen atoms in total. The van der Waals surface area contributed by atoms with E-state index in [1.54, 1.807) is 4.90 Å². The summed E-state index contributed by atoms with van der Waals surface area (Å²) in [5.41, 5.74) is 2.82. The number of hydrogen-bond acceptors (Lipinski definition) is 5. The maximum absolute atomic E-state index is 12.9. The third-order valence-electron chi connectivity index (χ3n) is 6.82. The van der Waals surface area contributed by atoms with Crippen molar-refractivity contribution in [3.8, 4) is 0 Å². The van der Waals surface area contributed by atoms with Crippen molar-refractivity contribution in [1.82, 2.24) is 20.9 Å². The zero-order valence-corrected chi connectivity index (χ0v) is 15.9. The van der Waals surface area contributed by atoms with Crippen LogP contribution in [0.1, 0.15) is 60.0 Å². The highest BCUT2D eigenvalue weighted by Gasteiger charge is 2.40. The first-order valence-electron chi connectivity index (χ1n) is 10.3. The average molecular weight is 382 g/mol. The highest BCUT2D eigenvalue weighted by molar-refractivity contribution is 6.05. The van der Waals surface area contributed by atoms with E-state index in [1.807, 2.05) is 12.1 Å². The van der Waals surface area contributed by atoms with Gasteiger partial charge >= 0.3 is 0 Å². The van der Waals surface area contributed by atoms with Gasteiger partial charge in [0.1, 0.15) is 6.04 Å². The molecule has 3 saturated heterocycles. The summed E-state index contributed by atoms with van der Waals surface area (Å²) in [6, 6.07) is 7.00. The average Bonchev–Trinajstić information content (AvgIpc) is 3.23. The highest BCUT2D eigenvalue weighted by Crippen LogP contribution is 2.31. The van der Waals surface area contributed by atoms with E-state index in [9.17, 15) is 14.4 Å². The lowest BCUT2D eigenvalue weighted by Crippen LogP contribution is -2.52. The smallest absolute Gasteiger partial charge is 0.255 e. The van der Waals surface area contributed by atoms with Crippen molar-refractivity contribution >= 4 is 17.7 Å². The minimum atomic E-state index is -0.559. The second-order valence-electron chi connectivity index (χ2n) is 8.46. The molecule has 28 heavy (non-hydrogen) atoms. The number of hydrogen-bond donors (Lipinski definition) is 3. The van der Waals surface area contributed by atoms with Crippen LogP contribution in [0.15, 0.2) is 18.2 Å². The van der Waals surface area contributed by atoms with E-state index in [4.69, 9.17) is 0 Å². The van der Waals surface area contributed by atoms with Gasteiger partial charge in [-0.2, -0.15) is 0 Å². The fourth-order valence-corrected chi connectivity index (χ4v) is 5.28. The fraction of sp³-hybridized carbons (Fsp3) is 0.571. The maximum atomic E-state index is 12.9. The predicted octanol–water partition coefficient (Wildman–Crippen LogP) is 0.820. The molecular formula is C21H26N4O3. The number of benzene rings is 1. The van der Waals surface area contributed by atoms with Gasteiger partial charge in [-0.15, -0.1) is 0 Å². The van der Waals surface area contributed by atoms with Crippen LogP contribution >= 0.6 is 0 Å². The van der Waals surface area contributed by atoms with E-state index in [1.165, 1.54) is 25.7 Å². The van der Waals surface area contributed by atoms with Crippen LogP contribution < -0.4 is 16.0 Å². The Bertz CT molecular complexity index is 839. The zero-order valence-electron chi connectivity index (χ0n) is 15.9. The minimum Gasteiger partial charge on any atom is -0.322 e. The standard InChI is InChI=1S/C21H26N4O3/c26-19-9-8-18(20(27)24-19)25-11-15-12(2-1-3-14(15)21(25)28)10-22-16-6-4-13-5-7-17(16)23-13/h1-3,13,16-18,22-23H,4-11H2,(H,24,26,27). The summed E-state index contributed by atoms with van der Waals surface area (Å²) >= 11 is 0. The van der Waals surface area contributed by atoms with E-state index in [0.29, 0.717) is 36.7 Å². The molecule has 4 atom stereocenters. The molecule has 7 heteroatoms. The number of fused-ring (bicyclic) bond motifs is 3. The van der Waals surface area contributed by atoms with Crippen molar-refractivity contribution in [3.63, 3.8) is 0 Å². The number of nitrogens with one attached hydrogen (secondary N) is 3.